The Bertz CT molecular complexity index is 874. The first-order valence-electron chi connectivity index (χ1n) is 5.63. The molecule has 20 heavy (non-hydrogen) atoms. The SMILES string of the molecule is Cc1nc(-c2cccs2)c(-c2c(O)[nH]c(=S)[nH]c2=O)s1. The zero-order valence-corrected chi connectivity index (χ0v) is 12.7. The number of aryl methyl sites for hydroxylation is 1. The zero-order valence-electron chi connectivity index (χ0n) is 10.3. The third-order valence-corrected chi connectivity index (χ3v) is 4.71. The molecule has 0 aromatic carbocycles. The molecule has 5 nitrogen and oxygen atoms in total. The number of aromatic hydroxyl groups is 1. The Hall–Kier alpha value is -1.77. The second kappa shape index (κ2) is 4.97. The molecule has 0 spiro atoms. The first-order chi connectivity index (χ1) is 9.56. The lowest BCUT2D eigenvalue weighted by atomic mass is 10.2. The van der Waals surface area contributed by atoms with Gasteiger partial charge in [-0.1, -0.05) is 6.07 Å². The predicted molar refractivity (Wildman–Crippen MR) is 83.1 cm³/mol. The summed E-state index contributed by atoms with van der Waals surface area (Å²) in [5, 5.41) is 12.8. The number of aromatic amines is 2. The van der Waals surface area contributed by atoms with Gasteiger partial charge in [0.1, 0.15) is 5.56 Å². The van der Waals surface area contributed by atoms with Crippen LogP contribution in [-0.4, -0.2) is 20.1 Å². The molecule has 3 aromatic rings. The van der Waals surface area contributed by atoms with E-state index in [1.54, 1.807) is 0 Å². The average Bonchev–Trinajstić information content (AvgIpc) is 2.97. The van der Waals surface area contributed by atoms with Crippen LogP contribution < -0.4 is 5.56 Å². The van der Waals surface area contributed by atoms with Crippen molar-refractivity contribution in [2.75, 3.05) is 0 Å². The standard InChI is InChI=1S/C12H9N3O2S3/c1-5-13-8(6-3-2-4-19-6)9(20-5)7-10(16)14-12(18)15-11(7)17/h2-4H,1H3,(H3,14,15,16,17,18). The topological polar surface area (TPSA) is 81.8 Å². The molecule has 0 atom stereocenters. The molecule has 0 unspecified atom stereocenters. The van der Waals surface area contributed by atoms with Gasteiger partial charge < -0.3 is 10.1 Å². The van der Waals surface area contributed by atoms with Gasteiger partial charge in [-0.05, 0) is 30.6 Å². The van der Waals surface area contributed by atoms with Gasteiger partial charge in [0.05, 0.1) is 20.5 Å². The van der Waals surface area contributed by atoms with E-state index in [9.17, 15) is 9.90 Å². The van der Waals surface area contributed by atoms with Crippen molar-refractivity contribution in [2.45, 2.75) is 6.92 Å². The summed E-state index contributed by atoms with van der Waals surface area (Å²) in [7, 11) is 0. The molecule has 3 N–H and O–H groups in total. The minimum absolute atomic E-state index is 0.0927. The number of hydrogen-bond acceptors (Lipinski definition) is 6. The molecule has 3 heterocycles. The number of thiazole rings is 1. The van der Waals surface area contributed by atoms with Crippen molar-refractivity contribution in [2.24, 2.45) is 0 Å². The highest BCUT2D eigenvalue weighted by Crippen LogP contribution is 2.39. The Morgan fingerprint density at radius 2 is 2.20 bits per heavy atom. The maximum absolute atomic E-state index is 12.1. The monoisotopic (exact) mass is 323 g/mol. The van der Waals surface area contributed by atoms with Crippen LogP contribution in [0.3, 0.4) is 0 Å². The van der Waals surface area contributed by atoms with Gasteiger partial charge >= 0.3 is 0 Å². The summed E-state index contributed by atoms with van der Waals surface area (Å²) in [6.07, 6.45) is 0. The summed E-state index contributed by atoms with van der Waals surface area (Å²) in [5.41, 5.74) is 0.453. The van der Waals surface area contributed by atoms with Gasteiger partial charge in [0.2, 0.25) is 5.88 Å². The Kier molecular flexibility index (Phi) is 3.28. The van der Waals surface area contributed by atoms with E-state index < -0.39 is 5.56 Å². The molecule has 0 bridgehead atoms. The van der Waals surface area contributed by atoms with E-state index in [1.807, 2.05) is 24.4 Å². The van der Waals surface area contributed by atoms with Gasteiger partial charge in [-0.15, -0.1) is 22.7 Å². The van der Waals surface area contributed by atoms with E-state index in [1.165, 1.54) is 22.7 Å². The maximum Gasteiger partial charge on any atom is 0.264 e. The van der Waals surface area contributed by atoms with Crippen molar-refractivity contribution < 1.29 is 5.11 Å². The van der Waals surface area contributed by atoms with E-state index in [2.05, 4.69) is 15.0 Å². The fourth-order valence-corrected chi connectivity index (χ4v) is 3.81. The van der Waals surface area contributed by atoms with E-state index in [0.29, 0.717) is 10.6 Å². The summed E-state index contributed by atoms with van der Waals surface area (Å²) in [6, 6.07) is 3.85. The molecular formula is C12H9N3O2S3. The Labute approximate surface area is 126 Å². The smallest absolute Gasteiger partial charge is 0.264 e. The molecule has 102 valence electrons. The van der Waals surface area contributed by atoms with Crippen LogP contribution in [0.5, 0.6) is 5.88 Å². The van der Waals surface area contributed by atoms with E-state index >= 15 is 0 Å². The number of nitrogens with zero attached hydrogens (tertiary/aromatic N) is 1. The molecular weight excluding hydrogens is 314 g/mol. The number of aromatic nitrogens is 3. The molecule has 0 aliphatic heterocycles. The molecule has 0 fully saturated rings. The van der Waals surface area contributed by atoms with E-state index in [-0.39, 0.29) is 16.2 Å². The van der Waals surface area contributed by atoms with Gasteiger partial charge in [0.15, 0.2) is 4.77 Å². The van der Waals surface area contributed by atoms with Crippen LogP contribution in [0.4, 0.5) is 0 Å². The first kappa shape index (κ1) is 13.2. The largest absolute Gasteiger partial charge is 0.494 e. The predicted octanol–water partition coefficient (Wildman–Crippen LogP) is 3.30. The van der Waals surface area contributed by atoms with Crippen molar-refractivity contribution in [3.63, 3.8) is 0 Å². The molecule has 3 rings (SSSR count). The minimum Gasteiger partial charge on any atom is -0.494 e. The third-order valence-electron chi connectivity index (χ3n) is 2.64. The fraction of sp³-hybridized carbons (Fsp3) is 0.0833. The first-order valence-corrected chi connectivity index (χ1v) is 7.74. The van der Waals surface area contributed by atoms with Crippen molar-refractivity contribution in [1.82, 2.24) is 15.0 Å². The second-order valence-electron chi connectivity index (χ2n) is 4.02. The quantitative estimate of drug-likeness (QED) is 0.632. The van der Waals surface area contributed by atoms with Crippen LogP contribution in [-0.2, 0) is 0 Å². The molecule has 3 aromatic heterocycles. The van der Waals surface area contributed by atoms with Crippen LogP contribution in [0.15, 0.2) is 22.3 Å². The van der Waals surface area contributed by atoms with Gasteiger partial charge in [-0.25, -0.2) is 4.98 Å². The maximum atomic E-state index is 12.1. The summed E-state index contributed by atoms with van der Waals surface area (Å²) in [4.78, 5) is 23.2. The van der Waals surface area contributed by atoms with Gasteiger partial charge in [-0.3, -0.25) is 9.78 Å². The van der Waals surface area contributed by atoms with E-state index in [4.69, 9.17) is 12.2 Å². The van der Waals surface area contributed by atoms with Gasteiger partial charge in [-0.2, -0.15) is 0 Å². The summed E-state index contributed by atoms with van der Waals surface area (Å²) >= 11 is 7.73. The van der Waals surface area contributed by atoms with Crippen LogP contribution in [0, 0.1) is 11.7 Å². The zero-order chi connectivity index (χ0) is 14.3. The number of nitrogens with one attached hydrogen (secondary N) is 2. The number of rotatable bonds is 2. The van der Waals surface area contributed by atoms with Crippen molar-refractivity contribution in [3.05, 3.63) is 37.6 Å². The molecule has 0 radical (unpaired) electrons. The Morgan fingerprint density at radius 1 is 1.40 bits per heavy atom. The molecule has 0 aliphatic carbocycles. The summed E-state index contributed by atoms with van der Waals surface area (Å²) in [5.74, 6) is -0.236. The van der Waals surface area contributed by atoms with Crippen molar-refractivity contribution in [1.29, 1.82) is 0 Å². The van der Waals surface area contributed by atoms with Crippen LogP contribution in [0.1, 0.15) is 5.01 Å². The normalized spacial score (nSPS) is 10.8. The highest BCUT2D eigenvalue weighted by Gasteiger charge is 2.20. The lowest BCUT2D eigenvalue weighted by molar-refractivity contribution is 0.452. The number of H-pyrrole nitrogens is 2. The van der Waals surface area contributed by atoms with Crippen LogP contribution >= 0.6 is 34.9 Å². The summed E-state index contributed by atoms with van der Waals surface area (Å²) < 4.78 is 0.0927. The van der Waals surface area contributed by atoms with Crippen molar-refractivity contribution >= 4 is 34.9 Å². The minimum atomic E-state index is -0.423. The molecule has 8 heteroatoms. The average molecular weight is 323 g/mol. The lowest BCUT2D eigenvalue weighted by Gasteiger charge is -2.02. The number of hydrogen-bond donors (Lipinski definition) is 3. The van der Waals surface area contributed by atoms with Crippen molar-refractivity contribution in [3.8, 4) is 26.9 Å². The fourth-order valence-electron chi connectivity index (χ4n) is 1.86. The van der Waals surface area contributed by atoms with Crippen LogP contribution in [0.25, 0.3) is 21.0 Å². The molecule has 0 saturated heterocycles. The van der Waals surface area contributed by atoms with Gasteiger partial charge in [0.25, 0.3) is 5.56 Å². The molecule has 0 amide bonds. The molecule has 0 saturated carbocycles. The highest BCUT2D eigenvalue weighted by atomic mass is 32.1. The third kappa shape index (κ3) is 2.21. The van der Waals surface area contributed by atoms with E-state index in [0.717, 1.165) is 9.88 Å². The Balaban J connectivity index is 2.32. The molecule has 0 aliphatic rings. The van der Waals surface area contributed by atoms with Crippen LogP contribution in [0.2, 0.25) is 0 Å². The summed E-state index contributed by atoms with van der Waals surface area (Å²) in [6.45, 7) is 1.86. The lowest BCUT2D eigenvalue weighted by Crippen LogP contribution is -2.10. The number of thiophene rings is 1. The Morgan fingerprint density at radius 3 is 2.85 bits per heavy atom. The second-order valence-corrected chi connectivity index (χ2v) is 6.58. The highest BCUT2D eigenvalue weighted by molar-refractivity contribution is 7.71. The van der Waals surface area contributed by atoms with Gasteiger partial charge in [0, 0.05) is 0 Å².